The maximum atomic E-state index is 12.4. The monoisotopic (exact) mass is 290 g/mol. The zero-order valence-electron chi connectivity index (χ0n) is 11.5. The minimum absolute atomic E-state index is 0.0136. The van der Waals surface area contributed by atoms with Gasteiger partial charge in [0.25, 0.3) is 0 Å². The first-order valence-electron chi connectivity index (χ1n) is 6.78. The van der Waals surface area contributed by atoms with Crippen LogP contribution in [0.15, 0.2) is 30.6 Å². The topological polar surface area (TPSA) is 49.6 Å². The molecule has 20 heavy (non-hydrogen) atoms. The summed E-state index contributed by atoms with van der Waals surface area (Å²) in [4.78, 5) is 14.4. The van der Waals surface area contributed by atoms with Gasteiger partial charge in [-0.2, -0.15) is 16.9 Å². The summed E-state index contributed by atoms with van der Waals surface area (Å²) in [5.74, 6) is 1.00. The van der Waals surface area contributed by atoms with Crippen LogP contribution in [0.4, 0.5) is 10.5 Å². The molecule has 5 nitrogen and oxygen atoms in total. The fourth-order valence-electron chi connectivity index (χ4n) is 2.69. The summed E-state index contributed by atoms with van der Waals surface area (Å²) in [5.41, 5.74) is 1.69. The summed E-state index contributed by atoms with van der Waals surface area (Å²) in [6.07, 6.45) is 7.85. The smallest absolute Gasteiger partial charge is 0.321 e. The highest BCUT2D eigenvalue weighted by atomic mass is 32.2. The molecule has 0 saturated carbocycles. The average molecular weight is 290 g/mol. The van der Waals surface area contributed by atoms with Gasteiger partial charge in [-0.1, -0.05) is 6.07 Å². The first-order chi connectivity index (χ1) is 9.79. The Morgan fingerprint density at radius 2 is 2.45 bits per heavy atom. The van der Waals surface area contributed by atoms with Gasteiger partial charge in [0, 0.05) is 24.5 Å². The maximum absolute atomic E-state index is 12.4. The predicted octanol–water partition coefficient (Wildman–Crippen LogP) is 2.69. The van der Waals surface area contributed by atoms with Crippen LogP contribution in [0.5, 0.6) is 0 Å². The van der Waals surface area contributed by atoms with Crippen molar-refractivity contribution in [2.24, 2.45) is 0 Å². The minimum atomic E-state index is -0.0136. The lowest BCUT2D eigenvalue weighted by Crippen LogP contribution is -2.39. The molecule has 0 spiro atoms. The van der Waals surface area contributed by atoms with Crippen molar-refractivity contribution in [3.8, 4) is 0 Å². The van der Waals surface area contributed by atoms with E-state index in [0.29, 0.717) is 6.04 Å². The number of carbonyl (C=O) groups excluding carboxylic acids is 1. The largest absolute Gasteiger partial charge is 0.322 e. The third kappa shape index (κ3) is 2.47. The van der Waals surface area contributed by atoms with Gasteiger partial charge in [-0.3, -0.25) is 0 Å². The number of nitrogens with zero attached hydrogens (tertiary/aromatic N) is 3. The van der Waals surface area contributed by atoms with Gasteiger partial charge in [0.05, 0.1) is 17.4 Å². The van der Waals surface area contributed by atoms with Crippen LogP contribution in [0.3, 0.4) is 0 Å². The van der Waals surface area contributed by atoms with Gasteiger partial charge >= 0.3 is 6.03 Å². The van der Waals surface area contributed by atoms with Crippen LogP contribution in [-0.2, 0) is 0 Å². The molecule has 2 aromatic heterocycles. The van der Waals surface area contributed by atoms with E-state index in [4.69, 9.17) is 0 Å². The summed E-state index contributed by atoms with van der Waals surface area (Å²) in [5, 5.41) is 7.22. The van der Waals surface area contributed by atoms with Crippen molar-refractivity contribution in [1.82, 2.24) is 14.5 Å². The number of aromatic nitrogens is 2. The van der Waals surface area contributed by atoms with E-state index >= 15 is 0 Å². The predicted molar refractivity (Wildman–Crippen MR) is 82.3 cm³/mol. The second-order valence-corrected chi connectivity index (χ2v) is 5.87. The van der Waals surface area contributed by atoms with Crippen LogP contribution in [-0.4, -0.2) is 45.1 Å². The van der Waals surface area contributed by atoms with Crippen LogP contribution >= 0.6 is 11.8 Å². The Hall–Kier alpha value is -1.69. The van der Waals surface area contributed by atoms with Crippen molar-refractivity contribution in [3.63, 3.8) is 0 Å². The van der Waals surface area contributed by atoms with Crippen molar-refractivity contribution in [3.05, 3.63) is 30.6 Å². The van der Waals surface area contributed by atoms with Gasteiger partial charge in [-0.25, -0.2) is 9.31 Å². The molecule has 0 radical (unpaired) electrons. The van der Waals surface area contributed by atoms with Gasteiger partial charge < -0.3 is 10.2 Å². The molecule has 1 N–H and O–H groups in total. The van der Waals surface area contributed by atoms with E-state index in [2.05, 4.69) is 16.7 Å². The van der Waals surface area contributed by atoms with Gasteiger partial charge in [-0.15, -0.1) is 0 Å². The van der Waals surface area contributed by atoms with Crippen LogP contribution in [0.25, 0.3) is 5.52 Å². The molecule has 3 rings (SSSR count). The second-order valence-electron chi connectivity index (χ2n) is 4.96. The van der Waals surface area contributed by atoms with Gasteiger partial charge in [0.15, 0.2) is 0 Å². The van der Waals surface area contributed by atoms with E-state index < -0.39 is 0 Å². The molecule has 1 saturated heterocycles. The highest BCUT2D eigenvalue weighted by Crippen LogP contribution is 2.22. The summed E-state index contributed by atoms with van der Waals surface area (Å²) in [6, 6.07) is 6.15. The van der Waals surface area contributed by atoms with E-state index in [0.717, 1.165) is 36.3 Å². The number of hydrogen-bond donors (Lipinski definition) is 1. The van der Waals surface area contributed by atoms with Crippen molar-refractivity contribution in [1.29, 1.82) is 0 Å². The number of hydrogen-bond acceptors (Lipinski definition) is 3. The molecule has 0 bridgehead atoms. The van der Waals surface area contributed by atoms with Gasteiger partial charge in [-0.05, 0) is 31.2 Å². The Kier molecular flexibility index (Phi) is 3.82. The maximum Gasteiger partial charge on any atom is 0.322 e. The Labute approximate surface area is 122 Å². The molecule has 1 atom stereocenters. The van der Waals surface area contributed by atoms with Crippen molar-refractivity contribution in [2.75, 3.05) is 23.9 Å². The molecule has 1 aliphatic heterocycles. The molecule has 6 heteroatoms. The fourth-order valence-corrected chi connectivity index (χ4v) is 3.42. The molecule has 1 aliphatic rings. The summed E-state index contributed by atoms with van der Waals surface area (Å²) in [7, 11) is 0. The van der Waals surface area contributed by atoms with E-state index in [1.807, 2.05) is 29.3 Å². The first kappa shape index (κ1) is 13.3. The number of carbonyl (C=O) groups is 1. The van der Waals surface area contributed by atoms with E-state index in [9.17, 15) is 4.79 Å². The average Bonchev–Trinajstić information content (AvgIpc) is 3.07. The molecule has 0 aliphatic carbocycles. The number of anilines is 1. The summed E-state index contributed by atoms with van der Waals surface area (Å²) < 4.78 is 1.76. The zero-order valence-corrected chi connectivity index (χ0v) is 12.3. The Morgan fingerprint density at radius 3 is 3.30 bits per heavy atom. The molecule has 2 amide bonds. The van der Waals surface area contributed by atoms with Gasteiger partial charge in [0.1, 0.15) is 0 Å². The third-order valence-corrected chi connectivity index (χ3v) is 4.38. The van der Waals surface area contributed by atoms with Crippen LogP contribution in [0, 0.1) is 0 Å². The number of likely N-dealkylation sites (tertiary alicyclic amines) is 1. The third-order valence-electron chi connectivity index (χ3n) is 3.67. The number of fused-ring (bicyclic) bond motifs is 1. The van der Waals surface area contributed by atoms with Gasteiger partial charge in [0.2, 0.25) is 0 Å². The van der Waals surface area contributed by atoms with Crippen molar-refractivity contribution in [2.45, 2.75) is 18.9 Å². The SMILES string of the molecule is CSCC1CCCN1C(=O)Nc1cnn2ccccc12. The lowest BCUT2D eigenvalue weighted by atomic mass is 10.2. The molecule has 1 unspecified atom stereocenters. The van der Waals surface area contributed by atoms with Crippen LogP contribution in [0.2, 0.25) is 0 Å². The molecular weight excluding hydrogens is 272 g/mol. The number of pyridine rings is 1. The van der Waals surface area contributed by atoms with E-state index in [1.54, 1.807) is 22.5 Å². The highest BCUT2D eigenvalue weighted by Gasteiger charge is 2.28. The van der Waals surface area contributed by atoms with Crippen molar-refractivity contribution < 1.29 is 4.79 Å². The normalized spacial score (nSPS) is 18.6. The second kappa shape index (κ2) is 5.75. The minimum Gasteiger partial charge on any atom is -0.321 e. The van der Waals surface area contributed by atoms with Crippen LogP contribution in [0.1, 0.15) is 12.8 Å². The first-order valence-corrected chi connectivity index (χ1v) is 8.18. The van der Waals surface area contributed by atoms with Crippen LogP contribution < -0.4 is 5.32 Å². The number of urea groups is 1. The molecule has 106 valence electrons. The van der Waals surface area contributed by atoms with E-state index in [1.165, 1.54) is 0 Å². The number of amides is 2. The fraction of sp³-hybridized carbons (Fsp3) is 0.429. The summed E-state index contributed by atoms with van der Waals surface area (Å²) in [6.45, 7) is 0.844. The molecule has 0 aromatic carbocycles. The Morgan fingerprint density at radius 1 is 1.55 bits per heavy atom. The summed E-state index contributed by atoms with van der Waals surface area (Å²) >= 11 is 1.79. The molecule has 1 fully saturated rings. The molecule has 2 aromatic rings. The Bertz CT molecular complexity index is 612. The zero-order chi connectivity index (χ0) is 13.9. The highest BCUT2D eigenvalue weighted by molar-refractivity contribution is 7.98. The lowest BCUT2D eigenvalue weighted by molar-refractivity contribution is 0.211. The number of thioether (sulfide) groups is 1. The van der Waals surface area contributed by atoms with E-state index in [-0.39, 0.29) is 6.03 Å². The number of nitrogens with one attached hydrogen (secondary N) is 1. The lowest BCUT2D eigenvalue weighted by Gasteiger charge is -2.24. The molecular formula is C14H18N4OS. The molecule has 3 heterocycles. The standard InChI is InChI=1S/C14H18N4OS/c1-20-10-11-5-4-7-17(11)14(19)16-12-9-15-18-8-3-2-6-13(12)18/h2-3,6,8-9,11H,4-5,7,10H2,1H3,(H,16,19). The van der Waals surface area contributed by atoms with Crippen molar-refractivity contribution >= 4 is 29.0 Å². The quantitative estimate of drug-likeness (QED) is 0.945. The number of rotatable bonds is 3. The Balaban J connectivity index is 1.75.